The molecule has 2 N–H and O–H groups in total. The molecule has 3 heterocycles. The number of thiol groups is 1. The number of pyridine rings is 1. The predicted molar refractivity (Wildman–Crippen MR) is 119 cm³/mol. The fourth-order valence-electron chi connectivity index (χ4n) is 4.76. The predicted octanol–water partition coefficient (Wildman–Crippen LogP) is 2.70. The molecule has 3 aromatic rings. The zero-order chi connectivity index (χ0) is 21.0. The monoisotopic (exact) mass is 426 g/mol. The lowest BCUT2D eigenvalue weighted by molar-refractivity contribution is 0.581. The number of nitrogens with one attached hydrogen (secondary N) is 2. The van der Waals surface area contributed by atoms with Crippen molar-refractivity contribution in [2.75, 3.05) is 18.0 Å². The third-order valence-electron chi connectivity index (χ3n) is 6.74. The topological polar surface area (TPSA) is 87.2 Å². The van der Waals surface area contributed by atoms with Crippen LogP contribution in [0.3, 0.4) is 0 Å². The van der Waals surface area contributed by atoms with Crippen LogP contribution in [0.25, 0.3) is 22.0 Å². The van der Waals surface area contributed by atoms with Gasteiger partial charge in [0.15, 0.2) is 0 Å². The van der Waals surface area contributed by atoms with Crippen molar-refractivity contribution in [3.05, 3.63) is 52.6 Å². The van der Waals surface area contributed by atoms with Gasteiger partial charge in [0.1, 0.15) is 5.52 Å². The van der Waals surface area contributed by atoms with Gasteiger partial charge in [-0.2, -0.15) is 0 Å². The van der Waals surface area contributed by atoms with Gasteiger partial charge in [0.05, 0.1) is 0 Å². The Morgan fingerprint density at radius 1 is 1.17 bits per heavy atom. The van der Waals surface area contributed by atoms with Crippen molar-refractivity contribution in [3.63, 3.8) is 0 Å². The minimum absolute atomic E-state index is 0.0621. The van der Waals surface area contributed by atoms with E-state index in [-0.39, 0.29) is 11.6 Å². The van der Waals surface area contributed by atoms with E-state index in [1.54, 1.807) is 17.8 Å². The van der Waals surface area contributed by atoms with Gasteiger partial charge in [-0.15, -0.1) is 0 Å². The van der Waals surface area contributed by atoms with Gasteiger partial charge >= 0.3 is 0 Å². The van der Waals surface area contributed by atoms with Gasteiger partial charge in [-0.1, -0.05) is 6.07 Å². The molecule has 1 unspecified atom stereocenters. The lowest BCUT2D eigenvalue weighted by Gasteiger charge is -2.24. The maximum Gasteiger partial charge on any atom is 0.274 e. The standard InChI is InChI=1S/C22H26N4O3S/c1-14(24-30(28)29)15-3-4-19(26-10-8-22(13-26)6-7-22)17(11-15)18-12-25(2)21(27)20-16(18)5-9-23-20/h3-5,9,11-12,14,23,30H,6-8,10,13H2,1-2H3,(H,24,28,29). The minimum atomic E-state index is -2.69. The number of aromatic nitrogens is 2. The number of nitrogens with zero attached hydrogens (tertiary/aromatic N) is 2. The van der Waals surface area contributed by atoms with Crippen LogP contribution in [0.1, 0.15) is 37.8 Å². The highest BCUT2D eigenvalue weighted by Crippen LogP contribution is 2.54. The molecule has 1 saturated heterocycles. The SMILES string of the molecule is CC(N[SH](=O)=O)c1ccc(N2CCC3(CC3)C2)c(-c2cn(C)c(=O)c3[nH]ccc23)c1. The van der Waals surface area contributed by atoms with Crippen molar-refractivity contribution in [3.8, 4) is 11.1 Å². The Bertz CT molecular complexity index is 1260. The molecule has 158 valence electrons. The van der Waals surface area contributed by atoms with Crippen molar-refractivity contribution >= 4 is 27.5 Å². The smallest absolute Gasteiger partial charge is 0.274 e. The summed E-state index contributed by atoms with van der Waals surface area (Å²) in [7, 11) is -0.928. The van der Waals surface area contributed by atoms with E-state index in [0.717, 1.165) is 40.9 Å². The van der Waals surface area contributed by atoms with Crippen molar-refractivity contribution in [2.45, 2.75) is 32.2 Å². The van der Waals surface area contributed by atoms with E-state index in [0.29, 0.717) is 10.9 Å². The van der Waals surface area contributed by atoms with Crippen LogP contribution in [0.2, 0.25) is 0 Å². The van der Waals surface area contributed by atoms with Crippen LogP contribution >= 0.6 is 0 Å². The normalized spacial score (nSPS) is 18.6. The van der Waals surface area contributed by atoms with Gasteiger partial charge in [-0.25, -0.2) is 13.1 Å². The molecule has 2 fully saturated rings. The zero-order valence-corrected chi connectivity index (χ0v) is 18.0. The zero-order valence-electron chi connectivity index (χ0n) is 17.1. The van der Waals surface area contributed by atoms with Crippen molar-refractivity contribution < 1.29 is 8.42 Å². The van der Waals surface area contributed by atoms with Gasteiger partial charge in [-0.3, -0.25) is 4.79 Å². The number of aromatic amines is 1. The molecular formula is C22H26N4O3S. The van der Waals surface area contributed by atoms with E-state index in [4.69, 9.17) is 0 Å². The summed E-state index contributed by atoms with van der Waals surface area (Å²) in [6.45, 7) is 3.92. The molecule has 1 atom stereocenters. The molecule has 0 bridgehead atoms. The average Bonchev–Trinajstić information content (AvgIpc) is 3.11. The van der Waals surface area contributed by atoms with E-state index < -0.39 is 10.9 Å². The fourth-order valence-corrected chi connectivity index (χ4v) is 5.22. The summed E-state index contributed by atoms with van der Waals surface area (Å²) in [6, 6.07) is 7.78. The molecule has 0 amide bonds. The minimum Gasteiger partial charge on any atom is -0.370 e. The van der Waals surface area contributed by atoms with E-state index in [1.807, 2.05) is 25.3 Å². The summed E-state index contributed by atoms with van der Waals surface area (Å²) in [5, 5.41) is 0.882. The molecule has 1 spiro atoms. The van der Waals surface area contributed by atoms with E-state index in [2.05, 4.69) is 26.7 Å². The first-order valence-corrected chi connectivity index (χ1v) is 11.5. The first-order valence-electron chi connectivity index (χ1n) is 10.3. The van der Waals surface area contributed by atoms with Gasteiger partial charge < -0.3 is 14.5 Å². The van der Waals surface area contributed by atoms with E-state index in [1.165, 1.54) is 19.3 Å². The highest BCUT2D eigenvalue weighted by atomic mass is 32.2. The Balaban J connectivity index is 1.69. The molecule has 30 heavy (non-hydrogen) atoms. The second-order valence-electron chi connectivity index (χ2n) is 8.78. The number of hydrogen-bond acceptors (Lipinski definition) is 4. The first kappa shape index (κ1) is 19.4. The Labute approximate surface area is 176 Å². The van der Waals surface area contributed by atoms with Crippen LogP contribution in [0.4, 0.5) is 5.69 Å². The quantitative estimate of drug-likeness (QED) is 0.548. The second kappa shape index (κ2) is 6.99. The summed E-state index contributed by atoms with van der Waals surface area (Å²) in [4.78, 5) is 18.1. The number of hydrogen-bond donors (Lipinski definition) is 3. The van der Waals surface area contributed by atoms with Crippen LogP contribution in [-0.2, 0) is 17.9 Å². The third kappa shape index (κ3) is 3.24. The van der Waals surface area contributed by atoms with Crippen LogP contribution in [0.5, 0.6) is 0 Å². The molecule has 0 radical (unpaired) electrons. The lowest BCUT2D eigenvalue weighted by Crippen LogP contribution is -2.22. The van der Waals surface area contributed by atoms with Gasteiger partial charge in [0.2, 0.25) is 10.9 Å². The Morgan fingerprint density at radius 3 is 2.67 bits per heavy atom. The van der Waals surface area contributed by atoms with Crippen molar-refractivity contribution in [1.82, 2.24) is 14.3 Å². The Morgan fingerprint density at radius 2 is 1.97 bits per heavy atom. The molecule has 2 aliphatic rings. The van der Waals surface area contributed by atoms with Crippen LogP contribution in [0.15, 0.2) is 41.5 Å². The molecule has 1 saturated carbocycles. The lowest BCUT2D eigenvalue weighted by atomic mass is 9.96. The summed E-state index contributed by atoms with van der Waals surface area (Å²) in [6.07, 6.45) is 7.50. The molecular weight excluding hydrogens is 400 g/mol. The van der Waals surface area contributed by atoms with E-state index in [9.17, 15) is 13.2 Å². The van der Waals surface area contributed by atoms with Crippen molar-refractivity contribution in [2.24, 2.45) is 12.5 Å². The Hall–Kier alpha value is -2.58. The number of anilines is 1. The van der Waals surface area contributed by atoms with Crippen LogP contribution in [0, 0.1) is 5.41 Å². The Kier molecular flexibility index (Phi) is 4.52. The van der Waals surface area contributed by atoms with Gasteiger partial charge in [-0.05, 0) is 55.4 Å². The van der Waals surface area contributed by atoms with Crippen molar-refractivity contribution in [1.29, 1.82) is 0 Å². The largest absolute Gasteiger partial charge is 0.370 e. The second-order valence-corrected chi connectivity index (χ2v) is 9.55. The summed E-state index contributed by atoms with van der Waals surface area (Å²) in [5.74, 6) is 0. The molecule has 1 aliphatic heterocycles. The number of aryl methyl sites for hydroxylation is 1. The third-order valence-corrected chi connectivity index (χ3v) is 7.34. The number of rotatable bonds is 5. The van der Waals surface area contributed by atoms with Gasteiger partial charge in [0.25, 0.3) is 5.56 Å². The van der Waals surface area contributed by atoms with E-state index >= 15 is 0 Å². The molecule has 7 nitrogen and oxygen atoms in total. The maximum atomic E-state index is 12.5. The first-order chi connectivity index (χ1) is 14.4. The number of H-pyrrole nitrogens is 1. The number of benzene rings is 1. The highest BCUT2D eigenvalue weighted by Gasteiger charge is 2.48. The molecule has 1 aliphatic carbocycles. The van der Waals surface area contributed by atoms with Crippen LogP contribution in [-0.4, -0.2) is 31.1 Å². The molecule has 8 heteroatoms. The molecule has 5 rings (SSSR count). The molecule has 2 aromatic heterocycles. The maximum absolute atomic E-state index is 12.5. The summed E-state index contributed by atoms with van der Waals surface area (Å²) >= 11 is 0. The average molecular weight is 427 g/mol. The summed E-state index contributed by atoms with van der Waals surface area (Å²) < 4.78 is 26.6. The fraction of sp³-hybridized carbons (Fsp3) is 0.409. The van der Waals surface area contributed by atoms with Crippen LogP contribution < -0.4 is 15.2 Å². The highest BCUT2D eigenvalue weighted by molar-refractivity contribution is 7.70. The molecule has 1 aromatic carbocycles. The summed E-state index contributed by atoms with van der Waals surface area (Å²) in [5.41, 5.74) is 5.04. The number of fused-ring (bicyclic) bond motifs is 1. The van der Waals surface area contributed by atoms with Gasteiger partial charge in [0, 0.05) is 60.8 Å².